The molecule has 1 aliphatic heterocycles. The van der Waals surface area contributed by atoms with Gasteiger partial charge in [0, 0.05) is 12.7 Å². The Kier molecular flexibility index (Phi) is 1.96. The fraction of sp³-hybridized carbons (Fsp3) is 0.444. The minimum atomic E-state index is -0.342. The van der Waals surface area contributed by atoms with E-state index in [0.717, 1.165) is 25.1 Å². The molecule has 0 aromatic carbocycles. The van der Waals surface area contributed by atoms with Crippen molar-refractivity contribution >= 4 is 5.69 Å². The quantitative estimate of drug-likeness (QED) is 0.665. The molecular weight excluding hydrogens is 152 g/mol. The minimum absolute atomic E-state index is 0.342. The first-order valence-electron chi connectivity index (χ1n) is 4.15. The number of pyridine rings is 1. The molecule has 1 unspecified atom stereocenters. The first-order chi connectivity index (χ1) is 5.88. The Labute approximate surface area is 71.7 Å². The average molecular weight is 163 g/mol. The Morgan fingerprint density at radius 3 is 3.17 bits per heavy atom. The van der Waals surface area contributed by atoms with Crippen molar-refractivity contribution in [3.63, 3.8) is 0 Å². The number of aliphatic hydroxyl groups excluding tert-OH is 1. The number of hydrogen-bond donors (Lipinski definition) is 1. The summed E-state index contributed by atoms with van der Waals surface area (Å²) in [6.45, 7) is 0.906. The Balaban J connectivity index is 2.19. The molecule has 1 radical (unpaired) electrons. The standard InChI is InChI=1S/C9H11N2O/c12-9-4-2-6-11(9)8-3-1-5-10-7-8/h1,3,5,9,12H,2,4,6H2. The molecule has 1 saturated heterocycles. The number of aliphatic hydroxyl groups is 1. The highest BCUT2D eigenvalue weighted by Crippen LogP contribution is 2.21. The van der Waals surface area contributed by atoms with Gasteiger partial charge in [0.25, 0.3) is 0 Å². The van der Waals surface area contributed by atoms with Crippen LogP contribution in [0, 0.1) is 6.20 Å². The van der Waals surface area contributed by atoms with Gasteiger partial charge in [-0.05, 0) is 25.0 Å². The topological polar surface area (TPSA) is 36.4 Å². The molecule has 3 heteroatoms. The van der Waals surface area contributed by atoms with Crippen molar-refractivity contribution in [2.45, 2.75) is 19.1 Å². The lowest BCUT2D eigenvalue weighted by atomic mass is 10.3. The van der Waals surface area contributed by atoms with Gasteiger partial charge in [-0.15, -0.1) is 0 Å². The molecule has 0 aliphatic carbocycles. The second kappa shape index (κ2) is 3.11. The van der Waals surface area contributed by atoms with E-state index in [9.17, 15) is 5.11 Å². The third-order valence-corrected chi connectivity index (χ3v) is 2.12. The van der Waals surface area contributed by atoms with Crippen molar-refractivity contribution in [2.24, 2.45) is 0 Å². The smallest absolute Gasteiger partial charge is 0.127 e. The normalized spacial score (nSPS) is 23.1. The van der Waals surface area contributed by atoms with Crippen LogP contribution in [0.3, 0.4) is 0 Å². The fourth-order valence-corrected chi connectivity index (χ4v) is 1.51. The summed E-state index contributed by atoms with van der Waals surface area (Å²) in [5.74, 6) is 0. The summed E-state index contributed by atoms with van der Waals surface area (Å²) in [6, 6.07) is 3.78. The van der Waals surface area contributed by atoms with Crippen LogP contribution in [0.2, 0.25) is 0 Å². The van der Waals surface area contributed by atoms with Gasteiger partial charge in [-0.3, -0.25) is 4.98 Å². The van der Waals surface area contributed by atoms with E-state index in [0.29, 0.717) is 0 Å². The first-order valence-corrected chi connectivity index (χ1v) is 4.15. The number of anilines is 1. The molecule has 2 rings (SSSR count). The monoisotopic (exact) mass is 163 g/mol. The zero-order valence-electron chi connectivity index (χ0n) is 6.77. The van der Waals surface area contributed by atoms with Crippen LogP contribution < -0.4 is 4.90 Å². The van der Waals surface area contributed by atoms with E-state index in [1.165, 1.54) is 0 Å². The van der Waals surface area contributed by atoms with Gasteiger partial charge in [-0.25, -0.2) is 0 Å². The van der Waals surface area contributed by atoms with Crippen molar-refractivity contribution in [3.8, 4) is 0 Å². The number of aromatic nitrogens is 1. The second-order valence-corrected chi connectivity index (χ2v) is 2.95. The number of hydrogen-bond acceptors (Lipinski definition) is 3. The summed E-state index contributed by atoms with van der Waals surface area (Å²) in [6.07, 6.45) is 6.10. The Morgan fingerprint density at radius 2 is 2.58 bits per heavy atom. The van der Waals surface area contributed by atoms with Gasteiger partial charge in [0.05, 0.1) is 5.69 Å². The molecule has 1 aromatic rings. The van der Waals surface area contributed by atoms with E-state index in [4.69, 9.17) is 0 Å². The molecule has 1 fully saturated rings. The van der Waals surface area contributed by atoms with Gasteiger partial charge in [0.15, 0.2) is 0 Å². The molecule has 1 aliphatic rings. The van der Waals surface area contributed by atoms with Crippen LogP contribution in [0.5, 0.6) is 0 Å². The molecule has 0 bridgehead atoms. The maximum atomic E-state index is 9.52. The number of rotatable bonds is 1. The zero-order valence-corrected chi connectivity index (χ0v) is 6.77. The van der Waals surface area contributed by atoms with Crippen molar-refractivity contribution in [2.75, 3.05) is 11.4 Å². The maximum absolute atomic E-state index is 9.52. The van der Waals surface area contributed by atoms with Crippen LogP contribution in [-0.2, 0) is 0 Å². The SMILES string of the molecule is OC1CCCN1c1[c]nccc1. The van der Waals surface area contributed by atoms with Crippen LogP contribution in [0.25, 0.3) is 0 Å². The summed E-state index contributed by atoms with van der Waals surface area (Å²) in [5, 5.41) is 9.52. The van der Waals surface area contributed by atoms with Crippen LogP contribution >= 0.6 is 0 Å². The molecule has 0 spiro atoms. The highest BCUT2D eigenvalue weighted by atomic mass is 16.3. The summed E-state index contributed by atoms with van der Waals surface area (Å²) in [5.41, 5.74) is 0.891. The zero-order chi connectivity index (χ0) is 8.39. The second-order valence-electron chi connectivity index (χ2n) is 2.95. The van der Waals surface area contributed by atoms with Crippen molar-refractivity contribution in [1.29, 1.82) is 0 Å². The molecule has 63 valence electrons. The highest BCUT2D eigenvalue weighted by molar-refractivity contribution is 5.43. The lowest BCUT2D eigenvalue weighted by molar-refractivity contribution is 0.185. The van der Waals surface area contributed by atoms with Gasteiger partial charge in [0.2, 0.25) is 0 Å². The Hall–Kier alpha value is -1.09. The Morgan fingerprint density at radius 1 is 1.67 bits per heavy atom. The Bertz CT molecular complexity index is 250. The van der Waals surface area contributed by atoms with E-state index in [1.807, 2.05) is 17.0 Å². The third kappa shape index (κ3) is 1.28. The van der Waals surface area contributed by atoms with Crippen molar-refractivity contribution in [3.05, 3.63) is 24.5 Å². The van der Waals surface area contributed by atoms with Crippen LogP contribution in [0.4, 0.5) is 5.69 Å². The van der Waals surface area contributed by atoms with E-state index in [-0.39, 0.29) is 6.23 Å². The molecule has 0 amide bonds. The van der Waals surface area contributed by atoms with E-state index < -0.39 is 0 Å². The summed E-state index contributed by atoms with van der Waals surface area (Å²) in [4.78, 5) is 5.81. The predicted octanol–water partition coefficient (Wildman–Crippen LogP) is 0.800. The molecule has 3 nitrogen and oxygen atoms in total. The number of nitrogens with zero attached hydrogens (tertiary/aromatic N) is 2. The molecule has 12 heavy (non-hydrogen) atoms. The summed E-state index contributed by atoms with van der Waals surface area (Å²) < 4.78 is 0. The van der Waals surface area contributed by atoms with Gasteiger partial charge in [0.1, 0.15) is 12.4 Å². The first kappa shape index (κ1) is 7.55. The third-order valence-electron chi connectivity index (χ3n) is 2.12. The summed E-state index contributed by atoms with van der Waals surface area (Å²) >= 11 is 0. The lowest BCUT2D eigenvalue weighted by Crippen LogP contribution is -2.28. The van der Waals surface area contributed by atoms with Gasteiger partial charge >= 0.3 is 0 Å². The van der Waals surface area contributed by atoms with Gasteiger partial charge in [-0.2, -0.15) is 0 Å². The molecular formula is C9H11N2O. The molecule has 1 aromatic heterocycles. The van der Waals surface area contributed by atoms with Crippen molar-refractivity contribution < 1.29 is 5.11 Å². The van der Waals surface area contributed by atoms with Crippen LogP contribution in [-0.4, -0.2) is 22.9 Å². The lowest BCUT2D eigenvalue weighted by Gasteiger charge is -2.21. The van der Waals surface area contributed by atoms with Crippen LogP contribution in [0.1, 0.15) is 12.8 Å². The van der Waals surface area contributed by atoms with Gasteiger partial charge in [-0.1, -0.05) is 0 Å². The molecule has 1 N–H and O–H groups in total. The van der Waals surface area contributed by atoms with Crippen molar-refractivity contribution in [1.82, 2.24) is 4.98 Å². The van der Waals surface area contributed by atoms with E-state index in [2.05, 4.69) is 11.2 Å². The maximum Gasteiger partial charge on any atom is 0.127 e. The molecule has 0 saturated carbocycles. The average Bonchev–Trinajstić information content (AvgIpc) is 2.53. The fourth-order valence-electron chi connectivity index (χ4n) is 1.51. The summed E-state index contributed by atoms with van der Waals surface area (Å²) in [7, 11) is 0. The largest absolute Gasteiger partial charge is 0.374 e. The molecule has 1 atom stereocenters. The molecule has 2 heterocycles. The van der Waals surface area contributed by atoms with E-state index in [1.54, 1.807) is 6.20 Å². The van der Waals surface area contributed by atoms with Crippen LogP contribution in [0.15, 0.2) is 18.3 Å². The predicted molar refractivity (Wildman–Crippen MR) is 45.7 cm³/mol. The van der Waals surface area contributed by atoms with Gasteiger partial charge < -0.3 is 10.0 Å². The highest BCUT2D eigenvalue weighted by Gasteiger charge is 2.21. The van der Waals surface area contributed by atoms with E-state index >= 15 is 0 Å². The minimum Gasteiger partial charge on any atom is -0.374 e.